The van der Waals surface area contributed by atoms with E-state index in [1.807, 2.05) is 0 Å². The zero-order valence-electron chi connectivity index (χ0n) is 15.4. The molecule has 3 amide bonds. The van der Waals surface area contributed by atoms with Crippen molar-refractivity contribution in [2.75, 3.05) is 16.8 Å². The van der Waals surface area contributed by atoms with E-state index >= 15 is 0 Å². The number of aryl methyl sites for hydroxylation is 1. The van der Waals surface area contributed by atoms with Gasteiger partial charge in [-0.25, -0.2) is 4.90 Å². The van der Waals surface area contributed by atoms with Gasteiger partial charge in [0.1, 0.15) is 11.8 Å². The normalized spacial score (nSPS) is 27.3. The molecule has 3 aliphatic heterocycles. The van der Waals surface area contributed by atoms with Gasteiger partial charge in [-0.05, 0) is 18.6 Å². The molecule has 9 nitrogen and oxygen atoms in total. The van der Waals surface area contributed by atoms with Crippen LogP contribution < -0.4 is 15.5 Å². The van der Waals surface area contributed by atoms with Gasteiger partial charge in [0.25, 0.3) is 11.6 Å². The second-order valence-electron chi connectivity index (χ2n) is 7.63. The lowest BCUT2D eigenvalue weighted by Crippen LogP contribution is -2.95. The number of nitrogens with two attached hydrogens (primary N) is 1. The third-order valence-corrected chi connectivity index (χ3v) is 6.25. The van der Waals surface area contributed by atoms with E-state index in [4.69, 9.17) is 0 Å². The summed E-state index contributed by atoms with van der Waals surface area (Å²) >= 11 is 0. The Morgan fingerprint density at radius 3 is 2.69 bits per heavy atom. The summed E-state index contributed by atoms with van der Waals surface area (Å²) < 4.78 is 0. The van der Waals surface area contributed by atoms with Gasteiger partial charge in [0.05, 0.1) is 22.8 Å². The van der Waals surface area contributed by atoms with Gasteiger partial charge < -0.3 is 10.6 Å². The first-order valence-corrected chi connectivity index (χ1v) is 9.24. The Morgan fingerprint density at radius 1 is 1.17 bits per heavy atom. The first-order chi connectivity index (χ1) is 13.9. The summed E-state index contributed by atoms with van der Waals surface area (Å²) in [5.41, 5.74) is 0.707. The van der Waals surface area contributed by atoms with Crippen LogP contribution in [0.5, 0.6) is 0 Å². The number of nitro groups is 1. The number of para-hydroxylation sites is 1. The fourth-order valence-corrected chi connectivity index (χ4v) is 4.92. The highest BCUT2D eigenvalue weighted by Gasteiger charge is 2.71. The van der Waals surface area contributed by atoms with Crippen LogP contribution in [0.1, 0.15) is 11.1 Å². The van der Waals surface area contributed by atoms with Gasteiger partial charge in [-0.3, -0.25) is 24.5 Å². The number of hydrogen-bond donors (Lipinski definition) is 2. The molecular formula is C20H17N4O5+. The van der Waals surface area contributed by atoms with Crippen molar-refractivity contribution >= 4 is 34.8 Å². The van der Waals surface area contributed by atoms with E-state index in [2.05, 4.69) is 5.32 Å². The summed E-state index contributed by atoms with van der Waals surface area (Å²) in [4.78, 5) is 51.3. The van der Waals surface area contributed by atoms with Crippen LogP contribution in [0.4, 0.5) is 17.1 Å². The molecule has 3 N–H and O–H groups in total. The highest BCUT2D eigenvalue weighted by molar-refractivity contribution is 6.25. The number of carbonyl (C=O) groups is 3. The Hall–Kier alpha value is -3.59. The van der Waals surface area contributed by atoms with Gasteiger partial charge in [0.2, 0.25) is 17.4 Å². The molecule has 3 heterocycles. The minimum absolute atomic E-state index is 0.199. The zero-order chi connectivity index (χ0) is 20.5. The molecule has 0 aliphatic carbocycles. The number of nitrogens with zero attached hydrogens (tertiary/aromatic N) is 2. The monoisotopic (exact) mass is 393 g/mol. The van der Waals surface area contributed by atoms with Gasteiger partial charge in [0.15, 0.2) is 0 Å². The Labute approximate surface area is 164 Å². The SMILES string of the molecule is Cc1ccc([N+](=O)[O-])cc1N1C(=O)[C@H]2C[NH2+][C@@]3(C(=O)Nc4ccccc43)[C@H]2C1=O. The highest BCUT2D eigenvalue weighted by atomic mass is 16.6. The van der Waals surface area contributed by atoms with Crippen LogP contribution >= 0.6 is 0 Å². The molecule has 3 aliphatic rings. The number of anilines is 2. The average molecular weight is 393 g/mol. The Kier molecular flexibility index (Phi) is 3.45. The van der Waals surface area contributed by atoms with Crippen LogP contribution in [0.15, 0.2) is 42.5 Å². The van der Waals surface area contributed by atoms with Crippen molar-refractivity contribution < 1.29 is 24.6 Å². The predicted octanol–water partition coefficient (Wildman–Crippen LogP) is 0.433. The van der Waals surface area contributed by atoms with E-state index in [0.29, 0.717) is 23.4 Å². The number of imide groups is 1. The minimum atomic E-state index is -1.20. The zero-order valence-corrected chi connectivity index (χ0v) is 15.4. The largest absolute Gasteiger partial charge is 0.328 e. The number of hydrogen-bond acceptors (Lipinski definition) is 5. The summed E-state index contributed by atoms with van der Waals surface area (Å²) in [7, 11) is 0. The van der Waals surface area contributed by atoms with Crippen molar-refractivity contribution in [2.24, 2.45) is 11.8 Å². The van der Waals surface area contributed by atoms with Crippen molar-refractivity contribution in [1.29, 1.82) is 0 Å². The maximum atomic E-state index is 13.5. The number of quaternary nitrogens is 1. The number of amides is 3. The molecule has 3 atom stereocenters. The highest BCUT2D eigenvalue weighted by Crippen LogP contribution is 2.48. The molecule has 2 fully saturated rings. The number of nitro benzene ring substituents is 1. The van der Waals surface area contributed by atoms with Crippen LogP contribution in [-0.2, 0) is 19.9 Å². The molecule has 0 unspecified atom stereocenters. The molecule has 0 radical (unpaired) electrons. The van der Waals surface area contributed by atoms with Gasteiger partial charge in [0, 0.05) is 17.7 Å². The van der Waals surface area contributed by atoms with E-state index in [0.717, 1.165) is 4.90 Å². The average Bonchev–Trinajstić information content (AvgIpc) is 3.30. The number of benzene rings is 2. The molecule has 2 aromatic carbocycles. The topological polar surface area (TPSA) is 126 Å². The fourth-order valence-electron chi connectivity index (χ4n) is 4.92. The van der Waals surface area contributed by atoms with Crippen molar-refractivity contribution in [1.82, 2.24) is 0 Å². The lowest BCUT2D eigenvalue weighted by molar-refractivity contribution is -0.703. The van der Waals surface area contributed by atoms with Gasteiger partial charge >= 0.3 is 0 Å². The minimum Gasteiger partial charge on any atom is -0.328 e. The second kappa shape index (κ2) is 5.71. The predicted molar refractivity (Wildman–Crippen MR) is 101 cm³/mol. The molecule has 0 aromatic heterocycles. The first-order valence-electron chi connectivity index (χ1n) is 9.24. The molecule has 2 aromatic rings. The fraction of sp³-hybridized carbons (Fsp3) is 0.250. The second-order valence-corrected chi connectivity index (χ2v) is 7.63. The van der Waals surface area contributed by atoms with Crippen molar-refractivity contribution in [2.45, 2.75) is 12.5 Å². The molecule has 29 heavy (non-hydrogen) atoms. The van der Waals surface area contributed by atoms with Crippen LogP contribution in [0.2, 0.25) is 0 Å². The van der Waals surface area contributed by atoms with Gasteiger partial charge in [-0.1, -0.05) is 24.3 Å². The van der Waals surface area contributed by atoms with Crippen LogP contribution in [0.25, 0.3) is 0 Å². The molecular weight excluding hydrogens is 376 g/mol. The molecule has 5 rings (SSSR count). The third-order valence-electron chi connectivity index (χ3n) is 6.25. The molecule has 1 spiro atoms. The molecule has 2 saturated heterocycles. The maximum absolute atomic E-state index is 13.5. The summed E-state index contributed by atoms with van der Waals surface area (Å²) in [5.74, 6) is -2.77. The van der Waals surface area contributed by atoms with Crippen LogP contribution in [0.3, 0.4) is 0 Å². The van der Waals surface area contributed by atoms with E-state index in [1.165, 1.54) is 18.2 Å². The Morgan fingerprint density at radius 2 is 1.93 bits per heavy atom. The maximum Gasteiger partial charge on any atom is 0.291 e. The van der Waals surface area contributed by atoms with Crippen LogP contribution in [-0.4, -0.2) is 29.2 Å². The van der Waals surface area contributed by atoms with E-state index in [-0.39, 0.29) is 17.3 Å². The lowest BCUT2D eigenvalue weighted by Gasteiger charge is -2.25. The van der Waals surface area contributed by atoms with Crippen LogP contribution in [0, 0.1) is 28.9 Å². The lowest BCUT2D eigenvalue weighted by atomic mass is 9.77. The first kappa shape index (κ1) is 17.5. The summed E-state index contributed by atoms with van der Waals surface area (Å²) in [6, 6.07) is 11.3. The van der Waals surface area contributed by atoms with E-state index in [9.17, 15) is 24.5 Å². The number of fused-ring (bicyclic) bond motifs is 4. The quantitative estimate of drug-likeness (QED) is 0.435. The molecule has 146 valence electrons. The number of non-ortho nitro benzene ring substituents is 1. The number of rotatable bonds is 2. The van der Waals surface area contributed by atoms with Gasteiger partial charge in [-0.2, -0.15) is 0 Å². The van der Waals surface area contributed by atoms with E-state index in [1.54, 1.807) is 36.5 Å². The molecule has 0 saturated carbocycles. The van der Waals surface area contributed by atoms with Crippen molar-refractivity contribution in [3.05, 3.63) is 63.7 Å². The Balaban J connectivity index is 1.63. The Bertz CT molecular complexity index is 1130. The number of nitrogens with one attached hydrogen (secondary N) is 1. The standard InChI is InChI=1S/C20H16N4O5/c1-10-6-7-11(24(28)29)8-15(10)23-17(25)12-9-21-20(16(12)18(23)26)13-4-2-3-5-14(13)22-19(20)27/h2-8,12,16,21H,9H2,1H3,(H,22,27)/p+1/t12-,16+,20+/m0/s1. The smallest absolute Gasteiger partial charge is 0.291 e. The molecule has 0 bridgehead atoms. The summed E-state index contributed by atoms with van der Waals surface area (Å²) in [6.45, 7) is 1.98. The van der Waals surface area contributed by atoms with Crippen molar-refractivity contribution in [3.8, 4) is 0 Å². The summed E-state index contributed by atoms with van der Waals surface area (Å²) in [5, 5.41) is 15.8. The summed E-state index contributed by atoms with van der Waals surface area (Å²) in [6.07, 6.45) is 0. The van der Waals surface area contributed by atoms with E-state index < -0.39 is 34.1 Å². The van der Waals surface area contributed by atoms with Gasteiger partial charge in [-0.15, -0.1) is 0 Å². The van der Waals surface area contributed by atoms with Crippen molar-refractivity contribution in [3.63, 3.8) is 0 Å². The third kappa shape index (κ3) is 2.10. The number of carbonyl (C=O) groups excluding carboxylic acids is 3. The molecule has 9 heteroatoms.